The molecular formula is C15H22O5. The first kappa shape index (κ1) is 13.0. The van der Waals surface area contributed by atoms with Crippen molar-refractivity contribution in [1.82, 2.24) is 0 Å². The quantitative estimate of drug-likeness (QED) is 0.504. The van der Waals surface area contributed by atoms with E-state index in [9.17, 15) is 4.79 Å². The molecule has 0 radical (unpaired) electrons. The maximum absolute atomic E-state index is 12.1. The maximum Gasteiger partial charge on any atom is 0.311 e. The van der Waals surface area contributed by atoms with E-state index in [0.29, 0.717) is 11.8 Å². The Balaban J connectivity index is 1.84. The summed E-state index contributed by atoms with van der Waals surface area (Å²) in [6.45, 7) is 6.06. The van der Waals surface area contributed by atoms with Crippen LogP contribution in [0.3, 0.4) is 0 Å². The van der Waals surface area contributed by atoms with Gasteiger partial charge in [-0.25, -0.2) is 9.78 Å². The summed E-state index contributed by atoms with van der Waals surface area (Å²) in [6, 6.07) is 0. The first-order valence-electron chi connectivity index (χ1n) is 7.71. The molecule has 0 aromatic rings. The van der Waals surface area contributed by atoms with Gasteiger partial charge in [0.1, 0.15) is 0 Å². The minimum Gasteiger partial charge on any atom is -0.432 e. The van der Waals surface area contributed by atoms with E-state index in [0.717, 1.165) is 25.7 Å². The van der Waals surface area contributed by atoms with Crippen LogP contribution in [0.15, 0.2) is 0 Å². The van der Waals surface area contributed by atoms with Crippen molar-refractivity contribution in [1.29, 1.82) is 0 Å². The van der Waals surface area contributed by atoms with Gasteiger partial charge in [-0.2, -0.15) is 0 Å². The molecule has 5 rings (SSSR count). The zero-order chi connectivity index (χ0) is 14.1. The van der Waals surface area contributed by atoms with Crippen LogP contribution >= 0.6 is 0 Å². The molecule has 1 aliphatic carbocycles. The minimum atomic E-state index is -0.793. The third-order valence-corrected chi connectivity index (χ3v) is 5.97. The first-order chi connectivity index (χ1) is 9.46. The van der Waals surface area contributed by atoms with E-state index in [-0.39, 0.29) is 17.8 Å². The Labute approximate surface area is 118 Å². The summed E-state index contributed by atoms with van der Waals surface area (Å²) in [5, 5.41) is 0. The lowest BCUT2D eigenvalue weighted by Crippen LogP contribution is -2.69. The van der Waals surface area contributed by atoms with Crippen molar-refractivity contribution in [2.45, 2.75) is 64.1 Å². The molecule has 5 fully saturated rings. The molecule has 1 saturated carbocycles. The fourth-order valence-corrected chi connectivity index (χ4v) is 4.76. The summed E-state index contributed by atoms with van der Waals surface area (Å²) in [6.07, 6.45) is 3.24. The Hall–Kier alpha value is -0.650. The zero-order valence-corrected chi connectivity index (χ0v) is 12.3. The van der Waals surface area contributed by atoms with E-state index in [1.807, 2.05) is 13.8 Å². The standard InChI is InChI=1S/C15H22O5/c1-8-4-5-11-9(2)12(16)17-13-15(11)10(8)6-7-14(3,18-13)19-20-15/h8-11,13H,4-7H2,1-3H3/t8-,9?,10+,11+,13-,14?,15?/m1/s1. The Morgan fingerprint density at radius 3 is 2.70 bits per heavy atom. The molecular weight excluding hydrogens is 260 g/mol. The van der Waals surface area contributed by atoms with Crippen LogP contribution in [0.1, 0.15) is 46.5 Å². The van der Waals surface area contributed by atoms with Gasteiger partial charge in [0.05, 0.1) is 5.92 Å². The van der Waals surface area contributed by atoms with Crippen LogP contribution in [-0.2, 0) is 24.0 Å². The highest BCUT2D eigenvalue weighted by molar-refractivity contribution is 5.74. The van der Waals surface area contributed by atoms with Crippen molar-refractivity contribution >= 4 is 5.97 Å². The van der Waals surface area contributed by atoms with Crippen molar-refractivity contribution in [3.05, 3.63) is 0 Å². The predicted molar refractivity (Wildman–Crippen MR) is 68.0 cm³/mol. The summed E-state index contributed by atoms with van der Waals surface area (Å²) in [5.74, 6) is -0.137. The van der Waals surface area contributed by atoms with Gasteiger partial charge in [-0.1, -0.05) is 13.8 Å². The molecule has 0 aromatic carbocycles. The fraction of sp³-hybridized carbons (Fsp3) is 0.933. The van der Waals surface area contributed by atoms with Crippen LogP contribution in [0.2, 0.25) is 0 Å². The normalized spacial score (nSPS) is 57.8. The van der Waals surface area contributed by atoms with E-state index in [2.05, 4.69) is 6.92 Å². The van der Waals surface area contributed by atoms with Gasteiger partial charge in [0.15, 0.2) is 5.60 Å². The molecule has 0 amide bonds. The monoisotopic (exact) mass is 282 g/mol. The Bertz CT molecular complexity index is 452. The lowest BCUT2D eigenvalue weighted by molar-refractivity contribution is -0.559. The number of carbonyl (C=O) groups excluding carboxylic acids is 1. The third kappa shape index (κ3) is 1.46. The molecule has 112 valence electrons. The van der Waals surface area contributed by atoms with Gasteiger partial charge in [-0.15, -0.1) is 0 Å². The molecule has 7 atom stereocenters. The number of hydrogen-bond acceptors (Lipinski definition) is 5. The number of fused-ring (bicyclic) bond motifs is 2. The van der Waals surface area contributed by atoms with Crippen molar-refractivity contribution in [2.24, 2.45) is 23.7 Å². The molecule has 4 heterocycles. The molecule has 5 aliphatic rings. The molecule has 4 saturated heterocycles. The highest BCUT2D eigenvalue weighted by atomic mass is 17.3. The van der Waals surface area contributed by atoms with E-state index >= 15 is 0 Å². The summed E-state index contributed by atoms with van der Waals surface area (Å²) in [5.41, 5.74) is -0.610. The van der Waals surface area contributed by atoms with Gasteiger partial charge in [-0.05, 0) is 32.1 Å². The average molecular weight is 282 g/mol. The predicted octanol–water partition coefficient (Wildman–Crippen LogP) is 2.39. The van der Waals surface area contributed by atoms with Crippen LogP contribution in [0, 0.1) is 23.7 Å². The molecule has 0 N–H and O–H groups in total. The fourth-order valence-electron chi connectivity index (χ4n) is 4.76. The average Bonchev–Trinajstić information content (AvgIpc) is 2.63. The molecule has 2 bridgehead atoms. The van der Waals surface area contributed by atoms with E-state index in [4.69, 9.17) is 19.2 Å². The van der Waals surface area contributed by atoms with Gasteiger partial charge < -0.3 is 9.47 Å². The summed E-state index contributed by atoms with van der Waals surface area (Å²) >= 11 is 0. The van der Waals surface area contributed by atoms with Gasteiger partial charge >= 0.3 is 5.97 Å². The van der Waals surface area contributed by atoms with E-state index in [1.165, 1.54) is 0 Å². The molecule has 0 aromatic heterocycles. The van der Waals surface area contributed by atoms with E-state index in [1.54, 1.807) is 0 Å². The topological polar surface area (TPSA) is 54.0 Å². The van der Waals surface area contributed by atoms with Crippen LogP contribution in [0.4, 0.5) is 0 Å². The number of ether oxygens (including phenoxy) is 2. The Morgan fingerprint density at radius 2 is 1.90 bits per heavy atom. The SMILES string of the molecule is CC1C(=O)O[C@@H]2OC3(C)CC[C@H]4[C@H](C)CC[C@@H]1C24OO3. The van der Waals surface area contributed by atoms with Gasteiger partial charge in [0.2, 0.25) is 12.1 Å². The van der Waals surface area contributed by atoms with Gasteiger partial charge in [-0.3, -0.25) is 4.79 Å². The van der Waals surface area contributed by atoms with E-state index < -0.39 is 17.7 Å². The first-order valence-corrected chi connectivity index (χ1v) is 7.71. The van der Waals surface area contributed by atoms with Crippen molar-refractivity contribution < 1.29 is 24.0 Å². The maximum atomic E-state index is 12.1. The smallest absolute Gasteiger partial charge is 0.311 e. The van der Waals surface area contributed by atoms with Crippen LogP contribution in [0.5, 0.6) is 0 Å². The highest BCUT2D eigenvalue weighted by Crippen LogP contribution is 2.59. The summed E-state index contributed by atoms with van der Waals surface area (Å²) in [4.78, 5) is 23.7. The minimum absolute atomic E-state index is 0.123. The lowest BCUT2D eigenvalue weighted by atomic mass is 9.58. The number of esters is 1. The number of rotatable bonds is 0. The number of carbonyl (C=O) groups is 1. The highest BCUT2D eigenvalue weighted by Gasteiger charge is 2.69. The van der Waals surface area contributed by atoms with Crippen molar-refractivity contribution in [3.8, 4) is 0 Å². The second-order valence-electron chi connectivity index (χ2n) is 7.14. The summed E-state index contributed by atoms with van der Waals surface area (Å²) in [7, 11) is 0. The van der Waals surface area contributed by atoms with Gasteiger partial charge in [0, 0.05) is 18.3 Å². The Morgan fingerprint density at radius 1 is 1.10 bits per heavy atom. The largest absolute Gasteiger partial charge is 0.432 e. The number of hydrogen-bond donors (Lipinski definition) is 0. The lowest BCUT2D eigenvalue weighted by Gasteiger charge is -2.57. The molecule has 20 heavy (non-hydrogen) atoms. The third-order valence-electron chi connectivity index (χ3n) is 5.97. The van der Waals surface area contributed by atoms with Crippen LogP contribution in [-0.4, -0.2) is 23.6 Å². The van der Waals surface area contributed by atoms with Crippen molar-refractivity contribution in [3.63, 3.8) is 0 Å². The molecule has 5 heteroatoms. The van der Waals surface area contributed by atoms with Crippen molar-refractivity contribution in [2.75, 3.05) is 0 Å². The second-order valence-corrected chi connectivity index (χ2v) is 7.14. The summed E-state index contributed by atoms with van der Waals surface area (Å²) < 4.78 is 11.6. The molecule has 1 spiro atoms. The van der Waals surface area contributed by atoms with Crippen LogP contribution in [0.25, 0.3) is 0 Å². The molecule has 5 nitrogen and oxygen atoms in total. The molecule has 3 unspecified atom stereocenters. The van der Waals surface area contributed by atoms with Crippen LogP contribution < -0.4 is 0 Å². The molecule has 4 aliphatic heterocycles. The zero-order valence-electron chi connectivity index (χ0n) is 12.3. The Kier molecular flexibility index (Phi) is 2.58. The van der Waals surface area contributed by atoms with Gasteiger partial charge in [0.25, 0.3) is 0 Å². The second kappa shape index (κ2) is 3.96.